The number of nitrogens with one attached hydrogen (secondary N) is 1. The van der Waals surface area contributed by atoms with E-state index in [1.165, 1.54) is 20.0 Å². The van der Waals surface area contributed by atoms with Crippen molar-refractivity contribution >= 4 is 12.0 Å². The molecule has 8 heteroatoms. The van der Waals surface area contributed by atoms with Gasteiger partial charge in [-0.05, 0) is 45.4 Å². The normalized spacial score (nSPS) is 13.7. The molecule has 2 atom stereocenters. The number of ether oxygens (including phenoxy) is 1. The van der Waals surface area contributed by atoms with Gasteiger partial charge in [0.05, 0.1) is 6.10 Å². The van der Waals surface area contributed by atoms with Crippen LogP contribution in [0.15, 0.2) is 18.2 Å². The molecule has 1 aromatic rings. The Morgan fingerprint density at radius 1 is 1.27 bits per heavy atom. The van der Waals surface area contributed by atoms with E-state index in [2.05, 4.69) is 5.32 Å². The minimum atomic E-state index is -1.04. The Balaban J connectivity index is 3.02. The number of hydrogen-bond donors (Lipinski definition) is 2. The van der Waals surface area contributed by atoms with Crippen molar-refractivity contribution in [2.45, 2.75) is 51.9 Å². The highest BCUT2D eigenvalue weighted by atomic mass is 19.2. The van der Waals surface area contributed by atoms with Crippen LogP contribution in [0.1, 0.15) is 33.3 Å². The van der Waals surface area contributed by atoms with Gasteiger partial charge in [-0.15, -0.1) is 0 Å². The Hall–Kier alpha value is -2.22. The van der Waals surface area contributed by atoms with Gasteiger partial charge in [-0.25, -0.2) is 13.6 Å². The molecule has 0 aliphatic heterocycles. The second-order valence-corrected chi connectivity index (χ2v) is 7.15. The van der Waals surface area contributed by atoms with E-state index in [-0.39, 0.29) is 13.0 Å². The Bertz CT molecular complexity index is 645. The monoisotopic (exact) mass is 372 g/mol. The summed E-state index contributed by atoms with van der Waals surface area (Å²) >= 11 is 0. The summed E-state index contributed by atoms with van der Waals surface area (Å²) in [5.74, 6) is -2.57. The molecule has 1 rings (SSSR count). The second-order valence-electron chi connectivity index (χ2n) is 7.15. The molecule has 0 spiro atoms. The topological polar surface area (TPSA) is 78.9 Å². The average molecular weight is 372 g/mol. The third kappa shape index (κ3) is 6.95. The highest BCUT2D eigenvalue weighted by molar-refractivity contribution is 5.86. The molecule has 6 nitrogen and oxygen atoms in total. The van der Waals surface area contributed by atoms with Crippen LogP contribution in [-0.4, -0.2) is 53.3 Å². The van der Waals surface area contributed by atoms with Crippen LogP contribution in [0.25, 0.3) is 0 Å². The summed E-state index contributed by atoms with van der Waals surface area (Å²) in [5, 5.41) is 11.8. The van der Waals surface area contributed by atoms with Gasteiger partial charge in [0.2, 0.25) is 5.91 Å². The number of aliphatic hydroxyl groups excluding tert-OH is 1. The van der Waals surface area contributed by atoms with Crippen molar-refractivity contribution in [1.29, 1.82) is 0 Å². The standard InChI is InChI=1S/C18H26F2N2O4/c1-11(23)10-21-16(24)15(22(5)17(25)26-18(2,3)4)9-12-6-7-13(19)14(20)8-12/h6-8,11,15,23H,9-10H2,1-5H3,(H,21,24)/t11-,15+/m0/s1. The van der Waals surface area contributed by atoms with E-state index in [0.717, 1.165) is 17.0 Å². The van der Waals surface area contributed by atoms with E-state index < -0.39 is 41.4 Å². The summed E-state index contributed by atoms with van der Waals surface area (Å²) in [6, 6.07) is 2.26. The minimum absolute atomic E-state index is 0.00469. The fraction of sp³-hybridized carbons (Fsp3) is 0.556. The number of amides is 2. The van der Waals surface area contributed by atoms with Crippen molar-refractivity contribution in [3.8, 4) is 0 Å². The van der Waals surface area contributed by atoms with E-state index in [0.29, 0.717) is 5.56 Å². The van der Waals surface area contributed by atoms with Gasteiger partial charge in [0, 0.05) is 20.0 Å². The molecule has 2 amide bonds. The molecule has 1 aromatic carbocycles. The fourth-order valence-electron chi connectivity index (χ4n) is 2.12. The van der Waals surface area contributed by atoms with Crippen molar-refractivity contribution in [3.05, 3.63) is 35.4 Å². The number of aliphatic hydroxyl groups is 1. The highest BCUT2D eigenvalue weighted by Crippen LogP contribution is 2.16. The Morgan fingerprint density at radius 3 is 2.38 bits per heavy atom. The van der Waals surface area contributed by atoms with E-state index in [1.807, 2.05) is 0 Å². The summed E-state index contributed by atoms with van der Waals surface area (Å²) in [7, 11) is 1.39. The zero-order valence-electron chi connectivity index (χ0n) is 15.7. The molecule has 0 saturated carbocycles. The van der Waals surface area contributed by atoms with Gasteiger partial charge in [0.15, 0.2) is 11.6 Å². The van der Waals surface area contributed by atoms with E-state index in [9.17, 15) is 23.5 Å². The molecule has 0 saturated heterocycles. The lowest BCUT2D eigenvalue weighted by Crippen LogP contribution is -2.51. The van der Waals surface area contributed by atoms with Crippen LogP contribution in [0.3, 0.4) is 0 Å². The first-order valence-electron chi connectivity index (χ1n) is 8.26. The average Bonchev–Trinajstić information content (AvgIpc) is 2.51. The first kappa shape index (κ1) is 21.8. The van der Waals surface area contributed by atoms with Gasteiger partial charge in [-0.3, -0.25) is 9.69 Å². The van der Waals surface area contributed by atoms with Crippen molar-refractivity contribution < 1.29 is 28.2 Å². The van der Waals surface area contributed by atoms with E-state index in [4.69, 9.17) is 4.74 Å². The van der Waals surface area contributed by atoms with Crippen molar-refractivity contribution in [1.82, 2.24) is 10.2 Å². The maximum absolute atomic E-state index is 13.5. The van der Waals surface area contributed by atoms with Crippen LogP contribution < -0.4 is 5.32 Å². The number of likely N-dealkylation sites (N-methyl/N-ethyl adjacent to an activating group) is 1. The number of halogens is 2. The predicted octanol–water partition coefficient (Wildman–Crippen LogP) is 2.24. The molecule has 0 heterocycles. The molecule has 146 valence electrons. The largest absolute Gasteiger partial charge is 0.444 e. The van der Waals surface area contributed by atoms with Crippen LogP contribution in [0.4, 0.5) is 13.6 Å². The van der Waals surface area contributed by atoms with Crippen molar-refractivity contribution in [2.24, 2.45) is 0 Å². The van der Waals surface area contributed by atoms with Gasteiger partial charge in [0.25, 0.3) is 0 Å². The van der Waals surface area contributed by atoms with Gasteiger partial charge in [-0.2, -0.15) is 0 Å². The second kappa shape index (κ2) is 8.93. The van der Waals surface area contributed by atoms with Gasteiger partial charge < -0.3 is 15.2 Å². The third-order valence-corrected chi connectivity index (χ3v) is 3.44. The van der Waals surface area contributed by atoms with Gasteiger partial charge in [0.1, 0.15) is 11.6 Å². The molecule has 0 aliphatic rings. The molecule has 0 aromatic heterocycles. The quantitative estimate of drug-likeness (QED) is 0.803. The molecular formula is C18H26F2N2O4. The lowest BCUT2D eigenvalue weighted by Gasteiger charge is -2.30. The zero-order chi connectivity index (χ0) is 20.1. The molecule has 26 heavy (non-hydrogen) atoms. The molecule has 0 radical (unpaired) electrons. The van der Waals surface area contributed by atoms with Gasteiger partial charge >= 0.3 is 6.09 Å². The summed E-state index contributed by atoms with van der Waals surface area (Å²) in [5.41, 5.74) is -0.412. The maximum Gasteiger partial charge on any atom is 0.410 e. The number of benzene rings is 1. The molecule has 0 aliphatic carbocycles. The molecule has 2 N–H and O–H groups in total. The third-order valence-electron chi connectivity index (χ3n) is 3.44. The Labute approximate surface area is 152 Å². The summed E-state index contributed by atoms with van der Waals surface area (Å²) < 4.78 is 31.8. The number of carbonyl (C=O) groups is 2. The summed E-state index contributed by atoms with van der Waals surface area (Å²) in [4.78, 5) is 25.9. The summed E-state index contributed by atoms with van der Waals surface area (Å²) in [6.07, 6.45) is -1.54. The van der Waals surface area contributed by atoms with E-state index in [1.54, 1.807) is 20.8 Å². The predicted molar refractivity (Wildman–Crippen MR) is 92.5 cm³/mol. The van der Waals surface area contributed by atoms with Gasteiger partial charge in [-0.1, -0.05) is 6.07 Å². The van der Waals surface area contributed by atoms with Crippen LogP contribution in [0.2, 0.25) is 0 Å². The molecule has 0 fully saturated rings. The minimum Gasteiger partial charge on any atom is -0.444 e. The van der Waals surface area contributed by atoms with Crippen LogP contribution in [0.5, 0.6) is 0 Å². The number of rotatable bonds is 6. The molecule has 0 bridgehead atoms. The fourth-order valence-corrected chi connectivity index (χ4v) is 2.12. The Morgan fingerprint density at radius 2 is 1.88 bits per heavy atom. The number of nitrogens with zero attached hydrogens (tertiary/aromatic N) is 1. The lowest BCUT2D eigenvalue weighted by molar-refractivity contribution is -0.126. The molecule has 0 unspecified atom stereocenters. The van der Waals surface area contributed by atoms with Crippen LogP contribution in [-0.2, 0) is 16.0 Å². The SMILES string of the molecule is C[C@H](O)CNC(=O)[C@@H](Cc1ccc(F)c(F)c1)N(C)C(=O)OC(C)(C)C. The van der Waals surface area contributed by atoms with Crippen LogP contribution in [0, 0.1) is 11.6 Å². The summed E-state index contributed by atoms with van der Waals surface area (Å²) in [6.45, 7) is 6.57. The maximum atomic E-state index is 13.5. The van der Waals surface area contributed by atoms with Crippen molar-refractivity contribution in [2.75, 3.05) is 13.6 Å². The Kier molecular flexibility index (Phi) is 7.50. The first-order valence-corrected chi connectivity index (χ1v) is 8.26. The molecular weight excluding hydrogens is 346 g/mol. The van der Waals surface area contributed by atoms with E-state index >= 15 is 0 Å². The number of hydrogen-bond acceptors (Lipinski definition) is 4. The highest BCUT2D eigenvalue weighted by Gasteiger charge is 2.30. The first-order chi connectivity index (χ1) is 11.9. The zero-order valence-corrected chi connectivity index (χ0v) is 15.7. The van der Waals surface area contributed by atoms with Crippen molar-refractivity contribution in [3.63, 3.8) is 0 Å². The van der Waals surface area contributed by atoms with Crippen LogP contribution >= 0.6 is 0 Å². The number of carbonyl (C=O) groups excluding carboxylic acids is 2. The lowest BCUT2D eigenvalue weighted by atomic mass is 10.0. The smallest absolute Gasteiger partial charge is 0.410 e.